The van der Waals surface area contributed by atoms with E-state index in [0.717, 1.165) is 25.6 Å². The predicted octanol–water partition coefficient (Wildman–Crippen LogP) is 2.93. The van der Waals surface area contributed by atoms with Gasteiger partial charge >= 0.3 is 0 Å². The molecule has 2 atom stereocenters. The molecule has 4 heteroatoms. The largest absolute Gasteiger partial charge is 0.311 e. The smallest absolute Gasteiger partial charge is 0.127 e. The Balaban J connectivity index is 2.21. The Morgan fingerprint density at radius 1 is 1.42 bits per heavy atom. The summed E-state index contributed by atoms with van der Waals surface area (Å²) >= 11 is 0. The number of hydrogen-bond acceptors (Lipinski definition) is 2. The quantitative estimate of drug-likeness (QED) is 0.906. The van der Waals surface area contributed by atoms with Gasteiger partial charge in [-0.25, -0.2) is 8.78 Å². The van der Waals surface area contributed by atoms with Crippen LogP contribution in [0.1, 0.15) is 32.8 Å². The first-order valence-electron chi connectivity index (χ1n) is 6.87. The lowest BCUT2D eigenvalue weighted by molar-refractivity contribution is 0.0443. The van der Waals surface area contributed by atoms with Gasteiger partial charge in [0.25, 0.3) is 0 Å². The van der Waals surface area contributed by atoms with Gasteiger partial charge in [0.1, 0.15) is 11.6 Å². The molecule has 0 bridgehead atoms. The predicted molar refractivity (Wildman–Crippen MR) is 72.9 cm³/mol. The van der Waals surface area contributed by atoms with Crippen LogP contribution in [0.2, 0.25) is 0 Å². The van der Waals surface area contributed by atoms with E-state index < -0.39 is 0 Å². The molecule has 1 N–H and O–H groups in total. The van der Waals surface area contributed by atoms with Crippen LogP contribution in [0.5, 0.6) is 0 Å². The maximum absolute atomic E-state index is 13.8. The molecule has 1 fully saturated rings. The van der Waals surface area contributed by atoms with E-state index in [2.05, 4.69) is 31.0 Å². The highest BCUT2D eigenvalue weighted by atomic mass is 19.1. The van der Waals surface area contributed by atoms with E-state index in [9.17, 15) is 8.78 Å². The average molecular weight is 268 g/mol. The molecular weight excluding hydrogens is 246 g/mol. The lowest BCUT2D eigenvalue weighted by Crippen LogP contribution is -2.61. The molecule has 2 nitrogen and oxygen atoms in total. The molecule has 2 unspecified atom stereocenters. The summed E-state index contributed by atoms with van der Waals surface area (Å²) in [6.45, 7) is 8.60. The van der Waals surface area contributed by atoms with Crippen molar-refractivity contribution in [2.24, 2.45) is 0 Å². The van der Waals surface area contributed by atoms with Crippen molar-refractivity contribution < 1.29 is 8.78 Å². The molecule has 1 aliphatic heterocycles. The van der Waals surface area contributed by atoms with Crippen LogP contribution in [0.25, 0.3) is 0 Å². The van der Waals surface area contributed by atoms with Gasteiger partial charge in [-0.05, 0) is 38.5 Å². The van der Waals surface area contributed by atoms with Crippen LogP contribution >= 0.6 is 0 Å². The molecule has 0 aromatic heterocycles. The molecule has 106 valence electrons. The summed E-state index contributed by atoms with van der Waals surface area (Å²) in [5.74, 6) is -0.705. The summed E-state index contributed by atoms with van der Waals surface area (Å²) in [5, 5.41) is 3.46. The zero-order chi connectivity index (χ0) is 14.0. The van der Waals surface area contributed by atoms with Gasteiger partial charge in [-0.2, -0.15) is 0 Å². The van der Waals surface area contributed by atoms with Crippen LogP contribution in [-0.2, 0) is 6.54 Å². The van der Waals surface area contributed by atoms with Crippen molar-refractivity contribution in [3.05, 3.63) is 35.4 Å². The summed E-state index contributed by atoms with van der Waals surface area (Å²) in [6, 6.07) is 4.05. The molecule has 1 aliphatic rings. The Morgan fingerprint density at radius 3 is 2.84 bits per heavy atom. The first kappa shape index (κ1) is 14.4. The van der Waals surface area contributed by atoms with E-state index in [1.807, 2.05) is 0 Å². The molecule has 0 amide bonds. The molecule has 1 aromatic rings. The highest BCUT2D eigenvalue weighted by Gasteiger charge is 2.35. The molecule has 2 rings (SSSR count). The number of rotatable bonds is 3. The molecule has 1 saturated heterocycles. The number of benzene rings is 1. The van der Waals surface area contributed by atoms with Crippen LogP contribution < -0.4 is 5.32 Å². The second kappa shape index (κ2) is 5.55. The topological polar surface area (TPSA) is 15.3 Å². The van der Waals surface area contributed by atoms with Crippen LogP contribution in [0, 0.1) is 11.6 Å². The third-order valence-electron chi connectivity index (χ3n) is 4.22. The summed E-state index contributed by atoms with van der Waals surface area (Å²) < 4.78 is 27.0. The maximum Gasteiger partial charge on any atom is 0.127 e. The standard InChI is InChI=1S/C15H22F2N2/c1-4-15(3)10-18-11(2)8-19(15)9-12-7-13(16)5-6-14(12)17/h5-7,11,18H,4,8-10H2,1-3H3. The minimum absolute atomic E-state index is 0.00866. The Bertz CT molecular complexity index is 450. The summed E-state index contributed by atoms with van der Waals surface area (Å²) in [5.41, 5.74) is 0.430. The van der Waals surface area contributed by atoms with E-state index >= 15 is 0 Å². The first-order chi connectivity index (χ1) is 8.94. The summed E-state index contributed by atoms with van der Waals surface area (Å²) in [6.07, 6.45) is 0.976. The molecular formula is C15H22F2N2. The van der Waals surface area contributed by atoms with Crippen molar-refractivity contribution in [2.45, 2.75) is 45.3 Å². The van der Waals surface area contributed by atoms with Crippen molar-refractivity contribution in [1.29, 1.82) is 0 Å². The highest BCUT2D eigenvalue weighted by Crippen LogP contribution is 2.26. The lowest BCUT2D eigenvalue weighted by Gasteiger charge is -2.47. The zero-order valence-corrected chi connectivity index (χ0v) is 11.8. The fourth-order valence-electron chi connectivity index (χ4n) is 2.60. The molecule has 1 aromatic carbocycles. The average Bonchev–Trinajstić information content (AvgIpc) is 2.38. The normalized spacial score (nSPS) is 28.6. The summed E-state index contributed by atoms with van der Waals surface area (Å²) in [4.78, 5) is 2.26. The Morgan fingerprint density at radius 2 is 2.16 bits per heavy atom. The molecule has 0 spiro atoms. The fourth-order valence-corrected chi connectivity index (χ4v) is 2.60. The molecule has 0 aliphatic carbocycles. The van der Waals surface area contributed by atoms with Gasteiger partial charge in [-0.15, -0.1) is 0 Å². The van der Waals surface area contributed by atoms with Gasteiger partial charge in [0, 0.05) is 36.8 Å². The third kappa shape index (κ3) is 3.12. The minimum Gasteiger partial charge on any atom is -0.311 e. The van der Waals surface area contributed by atoms with E-state index in [1.54, 1.807) is 0 Å². The number of nitrogens with zero attached hydrogens (tertiary/aromatic N) is 1. The molecule has 1 heterocycles. The van der Waals surface area contributed by atoms with Gasteiger partial charge in [-0.1, -0.05) is 6.92 Å². The van der Waals surface area contributed by atoms with Crippen LogP contribution in [0.15, 0.2) is 18.2 Å². The van der Waals surface area contributed by atoms with Crippen molar-refractivity contribution in [3.63, 3.8) is 0 Å². The van der Waals surface area contributed by atoms with Gasteiger partial charge in [0.15, 0.2) is 0 Å². The van der Waals surface area contributed by atoms with Gasteiger partial charge in [-0.3, -0.25) is 4.90 Å². The second-order valence-corrected chi connectivity index (χ2v) is 5.75. The van der Waals surface area contributed by atoms with Crippen molar-refractivity contribution >= 4 is 0 Å². The lowest BCUT2D eigenvalue weighted by atomic mass is 9.91. The van der Waals surface area contributed by atoms with Gasteiger partial charge < -0.3 is 5.32 Å². The van der Waals surface area contributed by atoms with Crippen molar-refractivity contribution in [3.8, 4) is 0 Å². The second-order valence-electron chi connectivity index (χ2n) is 5.75. The van der Waals surface area contributed by atoms with Crippen LogP contribution in [0.3, 0.4) is 0 Å². The Labute approximate surface area is 113 Å². The van der Waals surface area contributed by atoms with E-state index in [0.29, 0.717) is 18.2 Å². The Kier molecular flexibility index (Phi) is 4.21. The molecule has 0 saturated carbocycles. The molecule has 0 radical (unpaired) electrons. The number of hydrogen-bond donors (Lipinski definition) is 1. The zero-order valence-electron chi connectivity index (χ0n) is 11.8. The number of nitrogens with one attached hydrogen (secondary N) is 1. The van der Waals surface area contributed by atoms with E-state index in [1.165, 1.54) is 12.1 Å². The van der Waals surface area contributed by atoms with Gasteiger partial charge in [0.05, 0.1) is 0 Å². The summed E-state index contributed by atoms with van der Waals surface area (Å²) in [7, 11) is 0. The van der Waals surface area contributed by atoms with Crippen molar-refractivity contribution in [2.75, 3.05) is 13.1 Å². The monoisotopic (exact) mass is 268 g/mol. The molecule has 19 heavy (non-hydrogen) atoms. The minimum atomic E-state index is -0.377. The Hall–Kier alpha value is -1.00. The van der Waals surface area contributed by atoms with Crippen molar-refractivity contribution in [1.82, 2.24) is 10.2 Å². The third-order valence-corrected chi connectivity index (χ3v) is 4.22. The fraction of sp³-hybridized carbons (Fsp3) is 0.600. The van der Waals surface area contributed by atoms with Crippen LogP contribution in [0.4, 0.5) is 8.78 Å². The van der Waals surface area contributed by atoms with E-state index in [-0.39, 0.29) is 17.2 Å². The van der Waals surface area contributed by atoms with Gasteiger partial charge in [0.2, 0.25) is 0 Å². The highest BCUT2D eigenvalue weighted by molar-refractivity contribution is 5.19. The van der Waals surface area contributed by atoms with Crippen LogP contribution in [-0.4, -0.2) is 29.6 Å². The first-order valence-corrected chi connectivity index (χ1v) is 6.87. The maximum atomic E-state index is 13.8. The number of piperazine rings is 1. The van der Waals surface area contributed by atoms with E-state index in [4.69, 9.17) is 0 Å². The SMILES string of the molecule is CCC1(C)CNC(C)CN1Cc1cc(F)ccc1F. The number of halogens is 2.